The van der Waals surface area contributed by atoms with E-state index in [0.717, 1.165) is 10.3 Å². The average Bonchev–Trinajstić information content (AvgIpc) is 2.85. The molecule has 0 fully saturated rings. The lowest BCUT2D eigenvalue weighted by atomic mass is 9.94. The van der Waals surface area contributed by atoms with E-state index in [2.05, 4.69) is 5.32 Å². The van der Waals surface area contributed by atoms with Gasteiger partial charge < -0.3 is 10.1 Å². The smallest absolute Gasteiger partial charge is 0.265 e. The molecular weight excluding hydrogens is 487 g/mol. The van der Waals surface area contributed by atoms with Gasteiger partial charge in [0.1, 0.15) is 5.75 Å². The monoisotopic (exact) mass is 504 g/mol. The van der Waals surface area contributed by atoms with Gasteiger partial charge in [-0.1, -0.05) is 47.5 Å². The second kappa shape index (κ2) is 9.06. The van der Waals surface area contributed by atoms with Crippen LogP contribution in [0.5, 0.6) is 5.75 Å². The maximum absolute atomic E-state index is 13.2. The van der Waals surface area contributed by atoms with Gasteiger partial charge >= 0.3 is 0 Å². The Morgan fingerprint density at radius 3 is 2.11 bits per heavy atom. The van der Waals surface area contributed by atoms with Crippen LogP contribution in [-0.4, -0.2) is 23.8 Å². The number of benzene rings is 4. The van der Waals surface area contributed by atoms with Crippen LogP contribution in [0.15, 0.2) is 78.9 Å². The molecule has 1 N–H and O–H groups in total. The number of rotatable bonds is 5. The van der Waals surface area contributed by atoms with Gasteiger partial charge in [-0.3, -0.25) is 14.4 Å². The molecule has 4 aromatic carbocycles. The van der Waals surface area contributed by atoms with E-state index in [9.17, 15) is 14.4 Å². The second-order valence-corrected chi connectivity index (χ2v) is 8.87. The summed E-state index contributed by atoms with van der Waals surface area (Å²) in [5.41, 5.74) is 1.83. The summed E-state index contributed by atoms with van der Waals surface area (Å²) in [4.78, 5) is 40.1. The van der Waals surface area contributed by atoms with Gasteiger partial charge in [0.2, 0.25) is 0 Å². The number of hydrogen-bond donors (Lipinski definition) is 1. The standard InChI is InChI=1S/C27H18Cl2N2O4/c1-15(35-23-13-8-17(28)14-22(23)29)25(32)30-18-9-11-19(12-10-18)31-26(33)20-6-2-4-16-5-3-7-21(24(16)20)27(31)34/h2-15H,1H3,(H,30,32)/t15-/m0/s1. The topological polar surface area (TPSA) is 75.7 Å². The number of carbonyl (C=O) groups is 3. The average molecular weight is 505 g/mol. The lowest BCUT2D eigenvalue weighted by Crippen LogP contribution is -2.40. The van der Waals surface area contributed by atoms with Crippen LogP contribution in [0, 0.1) is 0 Å². The molecule has 5 rings (SSSR count). The van der Waals surface area contributed by atoms with Crippen LogP contribution in [0.3, 0.4) is 0 Å². The van der Waals surface area contributed by atoms with Gasteiger partial charge in [0, 0.05) is 27.2 Å². The second-order valence-electron chi connectivity index (χ2n) is 8.03. The van der Waals surface area contributed by atoms with Crippen LogP contribution in [-0.2, 0) is 4.79 Å². The Bertz CT molecular complexity index is 1450. The van der Waals surface area contributed by atoms with Gasteiger partial charge in [0.15, 0.2) is 6.10 Å². The first kappa shape index (κ1) is 22.9. The number of halogens is 2. The van der Waals surface area contributed by atoms with Gasteiger partial charge in [-0.25, -0.2) is 4.90 Å². The van der Waals surface area contributed by atoms with Crippen LogP contribution in [0.4, 0.5) is 11.4 Å². The Morgan fingerprint density at radius 2 is 1.51 bits per heavy atom. The summed E-state index contributed by atoms with van der Waals surface area (Å²) < 4.78 is 5.64. The van der Waals surface area contributed by atoms with Crippen molar-refractivity contribution in [3.05, 3.63) is 100 Å². The molecule has 1 heterocycles. The van der Waals surface area contributed by atoms with Crippen molar-refractivity contribution in [1.82, 2.24) is 0 Å². The Balaban J connectivity index is 1.33. The molecule has 0 unspecified atom stereocenters. The highest BCUT2D eigenvalue weighted by molar-refractivity contribution is 6.36. The number of nitrogens with zero attached hydrogens (tertiary/aromatic N) is 1. The Morgan fingerprint density at radius 1 is 0.886 bits per heavy atom. The first-order chi connectivity index (χ1) is 16.8. The molecule has 0 spiro atoms. The third-order valence-corrected chi connectivity index (χ3v) is 6.26. The summed E-state index contributed by atoms with van der Waals surface area (Å²) >= 11 is 12.0. The molecule has 0 aliphatic carbocycles. The number of nitrogens with one attached hydrogen (secondary N) is 1. The molecule has 1 aliphatic heterocycles. The third-order valence-electron chi connectivity index (χ3n) is 5.73. The van der Waals surface area contributed by atoms with Crippen molar-refractivity contribution in [2.75, 3.05) is 10.2 Å². The third kappa shape index (κ3) is 4.22. The minimum absolute atomic E-state index is 0.301. The van der Waals surface area contributed by atoms with Crippen LogP contribution in [0.25, 0.3) is 10.8 Å². The summed E-state index contributed by atoms with van der Waals surface area (Å²) in [7, 11) is 0. The van der Waals surface area contributed by atoms with Crippen molar-refractivity contribution >= 4 is 63.1 Å². The number of anilines is 2. The van der Waals surface area contributed by atoms with E-state index < -0.39 is 23.8 Å². The molecule has 0 bridgehead atoms. The molecule has 0 radical (unpaired) electrons. The Hall–Kier alpha value is -3.87. The van der Waals surface area contributed by atoms with E-state index in [1.54, 1.807) is 67.6 Å². The molecule has 0 aromatic heterocycles. The zero-order valence-corrected chi connectivity index (χ0v) is 19.9. The van der Waals surface area contributed by atoms with E-state index >= 15 is 0 Å². The van der Waals surface area contributed by atoms with E-state index in [1.807, 2.05) is 12.1 Å². The molecular formula is C27H18Cl2N2O4. The van der Waals surface area contributed by atoms with Gasteiger partial charge in [-0.2, -0.15) is 0 Å². The van der Waals surface area contributed by atoms with Crippen molar-refractivity contribution in [1.29, 1.82) is 0 Å². The largest absolute Gasteiger partial charge is 0.479 e. The molecule has 1 aliphatic rings. The summed E-state index contributed by atoms with van der Waals surface area (Å²) in [5, 5.41) is 5.03. The lowest BCUT2D eigenvalue weighted by molar-refractivity contribution is -0.122. The van der Waals surface area contributed by atoms with Gasteiger partial charge in [-0.05, 0) is 66.9 Å². The minimum atomic E-state index is -0.837. The number of amides is 3. The highest BCUT2D eigenvalue weighted by Crippen LogP contribution is 2.33. The summed E-state index contributed by atoms with van der Waals surface area (Å²) in [5.74, 6) is -0.836. The molecule has 3 amide bonds. The maximum Gasteiger partial charge on any atom is 0.265 e. The maximum atomic E-state index is 13.2. The normalized spacial score (nSPS) is 13.6. The predicted octanol–water partition coefficient (Wildman–Crippen LogP) is 6.35. The molecule has 0 saturated heterocycles. The van der Waals surface area contributed by atoms with Crippen molar-refractivity contribution < 1.29 is 19.1 Å². The molecule has 0 saturated carbocycles. The van der Waals surface area contributed by atoms with Gasteiger partial charge in [-0.15, -0.1) is 0 Å². The molecule has 174 valence electrons. The fourth-order valence-electron chi connectivity index (χ4n) is 4.02. The first-order valence-electron chi connectivity index (χ1n) is 10.8. The fraction of sp³-hybridized carbons (Fsp3) is 0.0741. The summed E-state index contributed by atoms with van der Waals surface area (Å²) in [6.07, 6.45) is -0.837. The SMILES string of the molecule is C[C@H](Oc1ccc(Cl)cc1Cl)C(=O)Nc1ccc(N2C(=O)c3cccc4cccc(c34)C2=O)cc1. The molecule has 4 aromatic rings. The number of ether oxygens (including phenoxy) is 1. The van der Waals surface area contributed by atoms with Crippen LogP contribution in [0.1, 0.15) is 27.6 Å². The van der Waals surface area contributed by atoms with Crippen molar-refractivity contribution in [3.63, 3.8) is 0 Å². The first-order valence-corrected chi connectivity index (χ1v) is 11.5. The highest BCUT2D eigenvalue weighted by Gasteiger charge is 2.33. The zero-order valence-electron chi connectivity index (χ0n) is 18.4. The lowest BCUT2D eigenvalue weighted by Gasteiger charge is -2.27. The van der Waals surface area contributed by atoms with Crippen molar-refractivity contribution in [2.45, 2.75) is 13.0 Å². The number of hydrogen-bond acceptors (Lipinski definition) is 4. The van der Waals surface area contributed by atoms with Crippen LogP contribution >= 0.6 is 23.2 Å². The number of imide groups is 1. The van der Waals surface area contributed by atoms with Crippen LogP contribution in [0.2, 0.25) is 10.0 Å². The number of carbonyl (C=O) groups excluding carboxylic acids is 3. The van der Waals surface area contributed by atoms with E-state index in [1.165, 1.54) is 6.07 Å². The highest BCUT2D eigenvalue weighted by atomic mass is 35.5. The molecule has 6 nitrogen and oxygen atoms in total. The van der Waals surface area contributed by atoms with E-state index in [4.69, 9.17) is 27.9 Å². The minimum Gasteiger partial charge on any atom is -0.479 e. The fourth-order valence-corrected chi connectivity index (χ4v) is 4.47. The quantitative estimate of drug-likeness (QED) is 0.321. The van der Waals surface area contributed by atoms with Crippen molar-refractivity contribution in [3.8, 4) is 5.75 Å². The molecule has 35 heavy (non-hydrogen) atoms. The van der Waals surface area contributed by atoms with Crippen LogP contribution < -0.4 is 15.0 Å². The Kier molecular flexibility index (Phi) is 5.93. The van der Waals surface area contributed by atoms with Gasteiger partial charge in [0.05, 0.1) is 10.7 Å². The molecule has 8 heteroatoms. The Labute approximate surface area is 211 Å². The zero-order chi connectivity index (χ0) is 24.7. The van der Waals surface area contributed by atoms with E-state index in [0.29, 0.717) is 43.7 Å². The van der Waals surface area contributed by atoms with Gasteiger partial charge in [0.25, 0.3) is 17.7 Å². The van der Waals surface area contributed by atoms with Crippen molar-refractivity contribution in [2.24, 2.45) is 0 Å². The molecule has 1 atom stereocenters. The van der Waals surface area contributed by atoms with E-state index in [-0.39, 0.29) is 0 Å². The summed E-state index contributed by atoms with van der Waals surface area (Å²) in [6.45, 7) is 1.59. The predicted molar refractivity (Wildman–Crippen MR) is 137 cm³/mol. The summed E-state index contributed by atoms with van der Waals surface area (Å²) in [6, 6.07) is 22.0.